The molecule has 0 fully saturated rings. The lowest BCUT2D eigenvalue weighted by Gasteiger charge is -2.08. The maximum absolute atomic E-state index is 13.0. The predicted molar refractivity (Wildman–Crippen MR) is 78.2 cm³/mol. The van der Waals surface area contributed by atoms with Crippen molar-refractivity contribution >= 4 is 39.1 Å². The summed E-state index contributed by atoms with van der Waals surface area (Å²) in [6.07, 6.45) is 0. The van der Waals surface area contributed by atoms with E-state index in [4.69, 9.17) is 16.9 Å². The summed E-state index contributed by atoms with van der Waals surface area (Å²) in [4.78, 5) is 12.0. The Morgan fingerprint density at radius 2 is 2.05 bits per heavy atom. The van der Waals surface area contributed by atoms with Gasteiger partial charge in [-0.2, -0.15) is 5.26 Å². The average Bonchev–Trinajstić information content (AvgIpc) is 2.43. The summed E-state index contributed by atoms with van der Waals surface area (Å²) in [6, 6.07) is 10.5. The van der Waals surface area contributed by atoms with Crippen LogP contribution in [0.4, 0.5) is 10.1 Å². The Morgan fingerprint density at radius 3 is 2.70 bits per heavy atom. The van der Waals surface area contributed by atoms with E-state index in [0.29, 0.717) is 11.3 Å². The highest BCUT2D eigenvalue weighted by Gasteiger charge is 2.11. The number of nitrogens with one attached hydrogen (secondary N) is 1. The highest BCUT2D eigenvalue weighted by Crippen LogP contribution is 2.22. The van der Waals surface area contributed by atoms with Crippen LogP contribution in [0.25, 0.3) is 0 Å². The SMILES string of the molecule is N#Cc1cc(Br)ccc1NC(=O)c1ccc(F)c(Cl)c1. The van der Waals surface area contributed by atoms with Crippen molar-refractivity contribution in [3.8, 4) is 6.07 Å². The third-order valence-electron chi connectivity index (χ3n) is 2.53. The van der Waals surface area contributed by atoms with Gasteiger partial charge in [0.15, 0.2) is 0 Å². The quantitative estimate of drug-likeness (QED) is 0.872. The van der Waals surface area contributed by atoms with Crippen molar-refractivity contribution in [3.05, 3.63) is 62.8 Å². The van der Waals surface area contributed by atoms with Gasteiger partial charge in [-0.3, -0.25) is 4.79 Å². The van der Waals surface area contributed by atoms with Gasteiger partial charge in [-0.05, 0) is 36.4 Å². The van der Waals surface area contributed by atoms with Gasteiger partial charge in [0, 0.05) is 10.0 Å². The van der Waals surface area contributed by atoms with Crippen LogP contribution in [-0.2, 0) is 0 Å². The molecule has 2 aromatic rings. The van der Waals surface area contributed by atoms with Gasteiger partial charge in [-0.15, -0.1) is 0 Å². The van der Waals surface area contributed by atoms with E-state index in [2.05, 4.69) is 21.2 Å². The van der Waals surface area contributed by atoms with Gasteiger partial charge in [-0.1, -0.05) is 27.5 Å². The topological polar surface area (TPSA) is 52.9 Å². The molecule has 1 N–H and O–H groups in total. The predicted octanol–water partition coefficient (Wildman–Crippen LogP) is 4.37. The van der Waals surface area contributed by atoms with Gasteiger partial charge in [0.05, 0.1) is 16.3 Å². The molecule has 0 aliphatic rings. The number of carbonyl (C=O) groups excluding carboxylic acids is 1. The molecule has 20 heavy (non-hydrogen) atoms. The van der Waals surface area contributed by atoms with Crippen LogP contribution in [0.1, 0.15) is 15.9 Å². The van der Waals surface area contributed by atoms with E-state index in [9.17, 15) is 9.18 Å². The molecule has 2 rings (SSSR count). The highest BCUT2D eigenvalue weighted by atomic mass is 79.9. The zero-order valence-corrected chi connectivity index (χ0v) is 12.3. The molecule has 0 saturated heterocycles. The number of hydrogen-bond acceptors (Lipinski definition) is 2. The van der Waals surface area contributed by atoms with E-state index in [1.807, 2.05) is 6.07 Å². The Morgan fingerprint density at radius 1 is 1.30 bits per heavy atom. The normalized spacial score (nSPS) is 9.90. The minimum Gasteiger partial charge on any atom is -0.321 e. The Bertz CT molecular complexity index is 728. The summed E-state index contributed by atoms with van der Waals surface area (Å²) in [5.74, 6) is -1.06. The molecule has 0 aliphatic carbocycles. The summed E-state index contributed by atoms with van der Waals surface area (Å²) in [6.45, 7) is 0. The molecule has 0 atom stereocenters. The monoisotopic (exact) mass is 352 g/mol. The minimum absolute atomic E-state index is 0.131. The lowest BCUT2D eigenvalue weighted by Crippen LogP contribution is -2.13. The number of amides is 1. The summed E-state index contributed by atoms with van der Waals surface area (Å²) < 4.78 is 13.8. The zero-order chi connectivity index (χ0) is 14.7. The number of nitrogens with zero attached hydrogens (tertiary/aromatic N) is 1. The number of carbonyl (C=O) groups is 1. The van der Waals surface area contributed by atoms with Crippen LogP contribution in [0.2, 0.25) is 5.02 Å². The minimum atomic E-state index is -0.593. The number of halogens is 3. The highest BCUT2D eigenvalue weighted by molar-refractivity contribution is 9.10. The van der Waals surface area contributed by atoms with Crippen LogP contribution in [0.5, 0.6) is 0 Å². The van der Waals surface area contributed by atoms with Crippen molar-refractivity contribution in [2.24, 2.45) is 0 Å². The summed E-state index contributed by atoms with van der Waals surface area (Å²) in [7, 11) is 0. The molecule has 0 saturated carbocycles. The van der Waals surface area contributed by atoms with Crippen molar-refractivity contribution in [2.75, 3.05) is 5.32 Å². The van der Waals surface area contributed by atoms with Gasteiger partial charge < -0.3 is 5.32 Å². The largest absolute Gasteiger partial charge is 0.321 e. The zero-order valence-electron chi connectivity index (χ0n) is 9.95. The van der Waals surface area contributed by atoms with Gasteiger partial charge in [0.25, 0.3) is 5.91 Å². The van der Waals surface area contributed by atoms with E-state index in [0.717, 1.165) is 10.5 Å². The number of benzene rings is 2. The fraction of sp³-hybridized carbons (Fsp3) is 0. The molecule has 6 heteroatoms. The first kappa shape index (κ1) is 14.5. The van der Waals surface area contributed by atoms with Gasteiger partial charge in [0.1, 0.15) is 11.9 Å². The molecule has 0 aromatic heterocycles. The van der Waals surface area contributed by atoms with Crippen molar-refractivity contribution in [1.29, 1.82) is 5.26 Å². The van der Waals surface area contributed by atoms with Crippen molar-refractivity contribution in [3.63, 3.8) is 0 Å². The lowest BCUT2D eigenvalue weighted by atomic mass is 10.1. The first-order valence-corrected chi connectivity index (χ1v) is 6.64. The summed E-state index contributed by atoms with van der Waals surface area (Å²) >= 11 is 8.87. The average molecular weight is 354 g/mol. The van der Waals surface area contributed by atoms with Crippen LogP contribution in [0, 0.1) is 17.1 Å². The first-order chi connectivity index (χ1) is 9.51. The Kier molecular flexibility index (Phi) is 4.38. The van der Waals surface area contributed by atoms with E-state index >= 15 is 0 Å². The summed E-state index contributed by atoms with van der Waals surface area (Å²) in [5, 5.41) is 11.5. The smallest absolute Gasteiger partial charge is 0.255 e. The number of rotatable bonds is 2. The van der Waals surface area contributed by atoms with Gasteiger partial charge in [-0.25, -0.2) is 4.39 Å². The first-order valence-electron chi connectivity index (χ1n) is 5.47. The van der Waals surface area contributed by atoms with Crippen LogP contribution < -0.4 is 5.32 Å². The van der Waals surface area contributed by atoms with E-state index in [1.54, 1.807) is 18.2 Å². The lowest BCUT2D eigenvalue weighted by molar-refractivity contribution is 0.102. The molecule has 2 aromatic carbocycles. The molecule has 0 aliphatic heterocycles. The molecular formula is C14H7BrClFN2O. The molecule has 0 radical (unpaired) electrons. The fourth-order valence-electron chi connectivity index (χ4n) is 1.55. The molecule has 100 valence electrons. The fourth-order valence-corrected chi connectivity index (χ4v) is 2.09. The van der Waals surface area contributed by atoms with E-state index < -0.39 is 11.7 Å². The summed E-state index contributed by atoms with van der Waals surface area (Å²) in [5.41, 5.74) is 0.908. The van der Waals surface area contributed by atoms with E-state index in [-0.39, 0.29) is 10.6 Å². The molecule has 0 spiro atoms. The second kappa shape index (κ2) is 6.04. The molecule has 0 unspecified atom stereocenters. The maximum atomic E-state index is 13.0. The molecule has 0 bridgehead atoms. The Balaban J connectivity index is 2.28. The molecule has 3 nitrogen and oxygen atoms in total. The van der Waals surface area contributed by atoms with Gasteiger partial charge in [0.2, 0.25) is 0 Å². The standard InChI is InChI=1S/C14H7BrClFN2O/c15-10-2-4-13(9(5-10)7-18)19-14(20)8-1-3-12(17)11(16)6-8/h1-6H,(H,19,20). The maximum Gasteiger partial charge on any atom is 0.255 e. The number of anilines is 1. The Hall–Kier alpha value is -1.90. The van der Waals surface area contributed by atoms with E-state index in [1.165, 1.54) is 12.1 Å². The van der Waals surface area contributed by atoms with Crippen LogP contribution in [0.3, 0.4) is 0 Å². The van der Waals surface area contributed by atoms with Gasteiger partial charge >= 0.3 is 0 Å². The molecule has 1 amide bonds. The number of nitriles is 1. The Labute approximate surface area is 128 Å². The van der Waals surface area contributed by atoms with Crippen molar-refractivity contribution in [1.82, 2.24) is 0 Å². The van der Waals surface area contributed by atoms with Crippen LogP contribution in [0.15, 0.2) is 40.9 Å². The van der Waals surface area contributed by atoms with Crippen molar-refractivity contribution < 1.29 is 9.18 Å². The number of hydrogen-bond donors (Lipinski definition) is 1. The third kappa shape index (κ3) is 3.16. The second-order valence-electron chi connectivity index (χ2n) is 3.88. The second-order valence-corrected chi connectivity index (χ2v) is 5.21. The molecule has 0 heterocycles. The van der Waals surface area contributed by atoms with Crippen LogP contribution >= 0.6 is 27.5 Å². The third-order valence-corrected chi connectivity index (χ3v) is 3.31. The van der Waals surface area contributed by atoms with Crippen LogP contribution in [-0.4, -0.2) is 5.91 Å². The molecular weight excluding hydrogens is 347 g/mol. The van der Waals surface area contributed by atoms with Crippen molar-refractivity contribution in [2.45, 2.75) is 0 Å².